The number of amides is 1. The minimum atomic E-state index is -0.351. The van der Waals surface area contributed by atoms with Crippen molar-refractivity contribution in [2.45, 2.75) is 40.0 Å². The van der Waals surface area contributed by atoms with Crippen LogP contribution in [0.4, 0.5) is 5.82 Å². The van der Waals surface area contributed by atoms with Crippen molar-refractivity contribution >= 4 is 23.1 Å². The third-order valence-corrected chi connectivity index (χ3v) is 6.32. The van der Waals surface area contributed by atoms with Crippen LogP contribution in [0.1, 0.15) is 43.5 Å². The van der Waals surface area contributed by atoms with Crippen LogP contribution in [0, 0.1) is 6.92 Å². The molecular formula is C25H27N5O3S. The molecule has 0 radical (unpaired) electrons. The second-order valence-corrected chi connectivity index (χ2v) is 9.12. The monoisotopic (exact) mass is 477 g/mol. The normalized spacial score (nSPS) is 11.1. The summed E-state index contributed by atoms with van der Waals surface area (Å²) in [7, 11) is 0. The lowest BCUT2D eigenvalue weighted by Crippen LogP contribution is -2.24. The lowest BCUT2D eigenvalue weighted by Gasteiger charge is -2.11. The van der Waals surface area contributed by atoms with Gasteiger partial charge in [-0.3, -0.25) is 14.6 Å². The van der Waals surface area contributed by atoms with Crippen molar-refractivity contribution in [3.05, 3.63) is 75.0 Å². The van der Waals surface area contributed by atoms with E-state index < -0.39 is 0 Å². The predicted molar refractivity (Wildman–Crippen MR) is 134 cm³/mol. The summed E-state index contributed by atoms with van der Waals surface area (Å²) in [5.41, 5.74) is 2.89. The molecule has 3 heterocycles. The SMILES string of the molecule is CCc1c(C)nc(-n2nc(-c3cccs3)cc2NC(=O)COc2ccc(C(C)C)cc2)[nH]c1=O. The van der Waals surface area contributed by atoms with Gasteiger partial charge in [-0.1, -0.05) is 39.0 Å². The maximum Gasteiger partial charge on any atom is 0.263 e. The van der Waals surface area contributed by atoms with E-state index in [0.29, 0.717) is 40.9 Å². The summed E-state index contributed by atoms with van der Waals surface area (Å²) in [5.74, 6) is 1.31. The first-order chi connectivity index (χ1) is 16.4. The lowest BCUT2D eigenvalue weighted by molar-refractivity contribution is -0.118. The molecule has 2 N–H and O–H groups in total. The van der Waals surface area contributed by atoms with Gasteiger partial charge in [-0.15, -0.1) is 11.3 Å². The zero-order chi connectivity index (χ0) is 24.2. The van der Waals surface area contributed by atoms with E-state index in [9.17, 15) is 9.59 Å². The van der Waals surface area contributed by atoms with Gasteiger partial charge in [0.15, 0.2) is 6.61 Å². The van der Waals surface area contributed by atoms with Crippen LogP contribution in [0.15, 0.2) is 52.6 Å². The van der Waals surface area contributed by atoms with Crippen molar-refractivity contribution in [1.29, 1.82) is 0 Å². The quantitative estimate of drug-likeness (QED) is 0.383. The minimum absolute atomic E-state index is 0.168. The Morgan fingerprint density at radius 3 is 2.62 bits per heavy atom. The molecule has 0 bridgehead atoms. The van der Waals surface area contributed by atoms with Crippen molar-refractivity contribution in [2.75, 3.05) is 11.9 Å². The number of aromatic nitrogens is 4. The van der Waals surface area contributed by atoms with Gasteiger partial charge < -0.3 is 10.1 Å². The van der Waals surface area contributed by atoms with Crippen molar-refractivity contribution in [1.82, 2.24) is 19.7 Å². The fraction of sp³-hybridized carbons (Fsp3) is 0.280. The highest BCUT2D eigenvalue weighted by Gasteiger charge is 2.17. The standard InChI is InChI=1S/C25H27N5O3S/c1-5-19-16(4)26-25(28-24(19)32)30-22(13-20(29-30)21-7-6-12-34-21)27-23(31)14-33-18-10-8-17(9-11-18)15(2)3/h6-13,15H,5,14H2,1-4H3,(H,27,31)(H,26,28,32). The molecule has 0 aliphatic rings. The Balaban J connectivity index is 1.58. The summed E-state index contributed by atoms with van der Waals surface area (Å²) in [5, 5.41) is 9.38. The summed E-state index contributed by atoms with van der Waals surface area (Å²) in [6.45, 7) is 7.77. The van der Waals surface area contributed by atoms with Crippen LogP contribution in [0.5, 0.6) is 5.75 Å². The van der Waals surface area contributed by atoms with Gasteiger partial charge in [-0.05, 0) is 48.4 Å². The van der Waals surface area contributed by atoms with E-state index in [4.69, 9.17) is 4.74 Å². The first-order valence-electron chi connectivity index (χ1n) is 11.1. The third kappa shape index (κ3) is 5.09. The number of nitrogens with one attached hydrogen (secondary N) is 2. The summed E-state index contributed by atoms with van der Waals surface area (Å²) in [6.07, 6.45) is 0.576. The number of aromatic amines is 1. The molecule has 0 saturated carbocycles. The van der Waals surface area contributed by atoms with Gasteiger partial charge in [0, 0.05) is 17.3 Å². The molecule has 0 spiro atoms. The molecule has 1 aromatic carbocycles. The van der Waals surface area contributed by atoms with Gasteiger partial charge in [-0.2, -0.15) is 9.78 Å². The van der Waals surface area contributed by atoms with Crippen LogP contribution in [0.25, 0.3) is 16.5 Å². The largest absolute Gasteiger partial charge is 0.484 e. The molecule has 0 fully saturated rings. The van der Waals surface area contributed by atoms with E-state index in [0.717, 1.165) is 4.88 Å². The Morgan fingerprint density at radius 1 is 1.24 bits per heavy atom. The number of thiophene rings is 1. The number of H-pyrrole nitrogens is 1. The lowest BCUT2D eigenvalue weighted by atomic mass is 10.0. The Morgan fingerprint density at radius 2 is 2.00 bits per heavy atom. The molecule has 8 nitrogen and oxygen atoms in total. The number of nitrogens with zero attached hydrogens (tertiary/aromatic N) is 3. The summed E-state index contributed by atoms with van der Waals surface area (Å²) in [4.78, 5) is 33.5. The summed E-state index contributed by atoms with van der Waals surface area (Å²) < 4.78 is 7.10. The molecule has 34 heavy (non-hydrogen) atoms. The van der Waals surface area contributed by atoms with E-state index in [-0.39, 0.29) is 24.0 Å². The van der Waals surface area contributed by atoms with Crippen LogP contribution < -0.4 is 15.6 Å². The number of hydrogen-bond donors (Lipinski definition) is 2. The Labute approximate surface area is 201 Å². The molecular weight excluding hydrogens is 450 g/mol. The average molecular weight is 478 g/mol. The molecule has 4 aromatic rings. The maximum absolute atomic E-state index is 12.7. The molecule has 4 rings (SSSR count). The van der Waals surface area contributed by atoms with Crippen LogP contribution in [-0.4, -0.2) is 32.3 Å². The fourth-order valence-corrected chi connectivity index (χ4v) is 4.25. The highest BCUT2D eigenvalue weighted by atomic mass is 32.1. The van der Waals surface area contributed by atoms with E-state index in [1.54, 1.807) is 13.0 Å². The first kappa shape index (κ1) is 23.4. The Kier molecular flexibility index (Phi) is 6.93. The molecule has 0 aliphatic carbocycles. The number of aryl methyl sites for hydroxylation is 1. The Hall–Kier alpha value is -3.72. The van der Waals surface area contributed by atoms with E-state index >= 15 is 0 Å². The number of anilines is 1. The predicted octanol–water partition coefficient (Wildman–Crippen LogP) is 4.70. The molecule has 0 atom stereocenters. The van der Waals surface area contributed by atoms with E-state index in [1.807, 2.05) is 48.7 Å². The smallest absolute Gasteiger partial charge is 0.263 e. The van der Waals surface area contributed by atoms with Crippen LogP contribution in [0.3, 0.4) is 0 Å². The van der Waals surface area contributed by atoms with Crippen LogP contribution >= 0.6 is 11.3 Å². The van der Waals surface area contributed by atoms with Crippen molar-refractivity contribution < 1.29 is 9.53 Å². The molecule has 0 saturated heterocycles. The van der Waals surface area contributed by atoms with Gasteiger partial charge in [0.25, 0.3) is 11.5 Å². The zero-order valence-corrected chi connectivity index (χ0v) is 20.4. The van der Waals surface area contributed by atoms with Gasteiger partial charge in [0.05, 0.1) is 4.88 Å². The third-order valence-electron chi connectivity index (χ3n) is 5.43. The summed E-state index contributed by atoms with van der Waals surface area (Å²) >= 11 is 1.53. The molecule has 0 aliphatic heterocycles. The molecule has 9 heteroatoms. The molecule has 0 unspecified atom stereocenters. The molecule has 176 valence electrons. The minimum Gasteiger partial charge on any atom is -0.484 e. The number of ether oxygens (including phenoxy) is 1. The topological polar surface area (TPSA) is 102 Å². The van der Waals surface area contributed by atoms with Gasteiger partial charge in [0.1, 0.15) is 17.3 Å². The number of hydrogen-bond acceptors (Lipinski definition) is 6. The van der Waals surface area contributed by atoms with Gasteiger partial charge in [-0.25, -0.2) is 4.98 Å². The van der Waals surface area contributed by atoms with Crippen molar-refractivity contribution in [3.8, 4) is 22.3 Å². The van der Waals surface area contributed by atoms with Crippen LogP contribution in [0.2, 0.25) is 0 Å². The van der Waals surface area contributed by atoms with E-state index in [2.05, 4.69) is 34.2 Å². The number of benzene rings is 1. The first-order valence-corrected chi connectivity index (χ1v) is 12.0. The second kappa shape index (κ2) is 10.0. The zero-order valence-electron chi connectivity index (χ0n) is 19.6. The fourth-order valence-electron chi connectivity index (χ4n) is 3.57. The maximum atomic E-state index is 12.7. The number of carbonyl (C=O) groups excluding carboxylic acids is 1. The van der Waals surface area contributed by atoms with Crippen LogP contribution in [-0.2, 0) is 11.2 Å². The van der Waals surface area contributed by atoms with Crippen molar-refractivity contribution in [3.63, 3.8) is 0 Å². The summed E-state index contributed by atoms with van der Waals surface area (Å²) in [6, 6.07) is 13.3. The average Bonchev–Trinajstić information content (AvgIpc) is 3.48. The Bertz CT molecular complexity index is 1340. The highest BCUT2D eigenvalue weighted by Crippen LogP contribution is 2.27. The van der Waals surface area contributed by atoms with Gasteiger partial charge >= 0.3 is 0 Å². The molecule has 1 amide bonds. The van der Waals surface area contributed by atoms with Crippen molar-refractivity contribution in [2.24, 2.45) is 0 Å². The second-order valence-electron chi connectivity index (χ2n) is 8.17. The number of rotatable bonds is 8. The van der Waals surface area contributed by atoms with E-state index in [1.165, 1.54) is 21.6 Å². The number of carbonyl (C=O) groups is 1. The van der Waals surface area contributed by atoms with Gasteiger partial charge in [0.2, 0.25) is 5.95 Å². The molecule has 3 aromatic heterocycles. The highest BCUT2D eigenvalue weighted by molar-refractivity contribution is 7.13.